The van der Waals surface area contributed by atoms with Crippen LogP contribution in [0.1, 0.15) is 38.2 Å². The lowest BCUT2D eigenvalue weighted by molar-refractivity contribution is 0.373. The molecule has 0 radical (unpaired) electrons. The molecular weight excluding hydrogens is 314 g/mol. The fourth-order valence-corrected chi connectivity index (χ4v) is 2.56. The van der Waals surface area contributed by atoms with Crippen LogP contribution in [-0.4, -0.2) is 49.8 Å². The highest BCUT2D eigenvalue weighted by Crippen LogP contribution is 2.26. The summed E-state index contributed by atoms with van der Waals surface area (Å²) in [4.78, 5) is 6.90. The molecule has 0 heterocycles. The van der Waals surface area contributed by atoms with Crippen molar-refractivity contribution >= 4 is 5.96 Å². The van der Waals surface area contributed by atoms with Crippen molar-refractivity contribution in [2.75, 3.05) is 33.8 Å². The van der Waals surface area contributed by atoms with Crippen molar-refractivity contribution in [3.05, 3.63) is 36.4 Å². The maximum atomic E-state index is 9.65. The van der Waals surface area contributed by atoms with Gasteiger partial charge in [-0.3, -0.25) is 4.99 Å². The molecule has 0 spiro atoms. The van der Waals surface area contributed by atoms with Crippen molar-refractivity contribution in [1.29, 1.82) is 0 Å². The predicted molar refractivity (Wildman–Crippen MR) is 106 cm³/mol. The van der Waals surface area contributed by atoms with E-state index in [-0.39, 0.29) is 5.75 Å². The zero-order valence-corrected chi connectivity index (χ0v) is 15.9. The molecule has 5 nitrogen and oxygen atoms in total. The van der Waals surface area contributed by atoms with Gasteiger partial charge in [0, 0.05) is 26.7 Å². The number of guanidine groups is 1. The van der Waals surface area contributed by atoms with E-state index in [0.717, 1.165) is 43.9 Å². The first-order valence-electron chi connectivity index (χ1n) is 9.08. The molecule has 25 heavy (non-hydrogen) atoms. The Bertz CT molecular complexity index is 544. The van der Waals surface area contributed by atoms with Crippen LogP contribution in [0, 0.1) is 0 Å². The topological polar surface area (TPSA) is 57.1 Å². The molecule has 0 aliphatic carbocycles. The van der Waals surface area contributed by atoms with Gasteiger partial charge in [0.2, 0.25) is 0 Å². The van der Waals surface area contributed by atoms with Crippen molar-refractivity contribution in [3.8, 4) is 11.5 Å². The Labute approximate surface area is 152 Å². The molecule has 0 atom stereocenters. The molecule has 0 saturated heterocycles. The Balaban J connectivity index is 2.52. The van der Waals surface area contributed by atoms with Crippen molar-refractivity contribution in [2.45, 2.75) is 39.0 Å². The molecule has 140 valence electrons. The number of hydrogen-bond donors (Lipinski definition) is 2. The van der Waals surface area contributed by atoms with Crippen LogP contribution >= 0.6 is 0 Å². The van der Waals surface area contributed by atoms with E-state index in [2.05, 4.69) is 30.8 Å². The first kappa shape index (κ1) is 20.9. The second-order valence-electron chi connectivity index (χ2n) is 6.05. The van der Waals surface area contributed by atoms with E-state index < -0.39 is 0 Å². The molecule has 0 unspecified atom stereocenters. The van der Waals surface area contributed by atoms with Gasteiger partial charge in [-0.25, -0.2) is 0 Å². The molecule has 5 heteroatoms. The Hall–Kier alpha value is -2.17. The molecule has 1 aromatic carbocycles. The molecule has 0 bridgehead atoms. The van der Waals surface area contributed by atoms with Crippen molar-refractivity contribution in [3.63, 3.8) is 0 Å². The van der Waals surface area contributed by atoms with Gasteiger partial charge >= 0.3 is 0 Å². The van der Waals surface area contributed by atoms with E-state index in [1.165, 1.54) is 12.8 Å². The van der Waals surface area contributed by atoms with Crippen LogP contribution in [0.3, 0.4) is 0 Å². The summed E-state index contributed by atoms with van der Waals surface area (Å²) >= 11 is 0. The van der Waals surface area contributed by atoms with Crippen LogP contribution in [-0.2, 0) is 6.42 Å². The fraction of sp³-hybridized carbons (Fsp3) is 0.550. The Morgan fingerprint density at radius 3 is 2.84 bits per heavy atom. The second-order valence-corrected chi connectivity index (χ2v) is 6.05. The highest BCUT2D eigenvalue weighted by atomic mass is 16.5. The molecule has 0 saturated carbocycles. The number of benzene rings is 1. The number of aromatic hydroxyl groups is 1. The van der Waals surface area contributed by atoms with Gasteiger partial charge in [0.1, 0.15) is 0 Å². The molecule has 0 aliphatic rings. The van der Waals surface area contributed by atoms with Crippen molar-refractivity contribution < 1.29 is 9.84 Å². The van der Waals surface area contributed by atoms with Crippen LogP contribution in [0.5, 0.6) is 11.5 Å². The number of hydrogen-bond acceptors (Lipinski definition) is 3. The van der Waals surface area contributed by atoms with Gasteiger partial charge in [0.15, 0.2) is 17.5 Å². The van der Waals surface area contributed by atoms with Gasteiger partial charge in [0.25, 0.3) is 0 Å². The predicted octanol–water partition coefficient (Wildman–Crippen LogP) is 3.59. The monoisotopic (exact) mass is 347 g/mol. The number of methoxy groups -OCH3 is 1. The number of nitrogens with one attached hydrogen (secondary N) is 1. The summed E-state index contributed by atoms with van der Waals surface area (Å²) in [5, 5.41) is 13.0. The number of allylic oxidation sites excluding steroid dienone is 1. The molecule has 2 N–H and O–H groups in total. The van der Waals surface area contributed by atoms with E-state index in [9.17, 15) is 5.11 Å². The van der Waals surface area contributed by atoms with E-state index in [1.54, 1.807) is 13.2 Å². The van der Waals surface area contributed by atoms with Crippen LogP contribution in [0.4, 0.5) is 0 Å². The fourth-order valence-electron chi connectivity index (χ4n) is 2.56. The lowest BCUT2D eigenvalue weighted by Crippen LogP contribution is -2.39. The van der Waals surface area contributed by atoms with Gasteiger partial charge in [-0.05, 0) is 50.3 Å². The molecule has 0 fully saturated rings. The minimum Gasteiger partial charge on any atom is -0.504 e. The van der Waals surface area contributed by atoms with E-state index in [1.807, 2.05) is 18.2 Å². The maximum Gasteiger partial charge on any atom is 0.193 e. The van der Waals surface area contributed by atoms with Crippen molar-refractivity contribution in [1.82, 2.24) is 10.2 Å². The minimum absolute atomic E-state index is 0.166. The smallest absolute Gasteiger partial charge is 0.193 e. The molecular formula is C20H33N3O2. The quantitative estimate of drug-likeness (QED) is 0.278. The van der Waals surface area contributed by atoms with Gasteiger partial charge in [-0.15, -0.1) is 6.58 Å². The molecule has 1 rings (SSSR count). The van der Waals surface area contributed by atoms with Gasteiger partial charge < -0.3 is 20.1 Å². The average Bonchev–Trinajstić information content (AvgIpc) is 2.62. The van der Waals surface area contributed by atoms with Crippen LogP contribution < -0.4 is 10.1 Å². The highest BCUT2D eigenvalue weighted by Gasteiger charge is 2.06. The number of phenols is 1. The highest BCUT2D eigenvalue weighted by molar-refractivity contribution is 5.79. The summed E-state index contributed by atoms with van der Waals surface area (Å²) in [7, 11) is 3.64. The summed E-state index contributed by atoms with van der Waals surface area (Å²) in [6, 6.07) is 5.43. The summed E-state index contributed by atoms with van der Waals surface area (Å²) in [5.74, 6) is 1.61. The lowest BCUT2D eigenvalue weighted by Gasteiger charge is -2.22. The number of unbranched alkanes of at least 4 members (excludes halogenated alkanes) is 3. The third-order valence-corrected chi connectivity index (χ3v) is 4.00. The lowest BCUT2D eigenvalue weighted by atomic mass is 10.1. The van der Waals surface area contributed by atoms with Gasteiger partial charge in [-0.2, -0.15) is 0 Å². The molecule has 0 aromatic heterocycles. The van der Waals surface area contributed by atoms with Gasteiger partial charge in [0.05, 0.1) is 7.11 Å². The summed E-state index contributed by atoms with van der Waals surface area (Å²) in [5.41, 5.74) is 1.10. The standard InChI is InChI=1S/C20H33N3O2/c1-5-7-8-9-10-15-23(3)20(21-6-2)22-14-13-17-11-12-18(24)19(16-17)25-4/h5,11-12,16,24H,1,6-10,13-15H2,2-4H3,(H,21,22). The molecule has 0 amide bonds. The maximum absolute atomic E-state index is 9.65. The SMILES string of the molecule is C=CCCCCCN(C)C(=NCCc1ccc(O)c(OC)c1)NCC. The van der Waals surface area contributed by atoms with Crippen LogP contribution in [0.15, 0.2) is 35.8 Å². The van der Waals surface area contributed by atoms with E-state index >= 15 is 0 Å². The van der Waals surface area contributed by atoms with E-state index in [4.69, 9.17) is 9.73 Å². The van der Waals surface area contributed by atoms with Crippen LogP contribution in [0.2, 0.25) is 0 Å². The zero-order valence-electron chi connectivity index (χ0n) is 15.9. The summed E-state index contributed by atoms with van der Waals surface area (Å²) < 4.78 is 5.15. The van der Waals surface area contributed by atoms with Crippen molar-refractivity contribution in [2.24, 2.45) is 4.99 Å². The number of rotatable bonds is 11. The Morgan fingerprint density at radius 2 is 2.16 bits per heavy atom. The second kappa shape index (κ2) is 12.2. The number of aliphatic imine (C=N–C) groups is 1. The summed E-state index contributed by atoms with van der Waals surface area (Å²) in [6.07, 6.45) is 7.45. The van der Waals surface area contributed by atoms with E-state index in [0.29, 0.717) is 12.3 Å². The third kappa shape index (κ3) is 7.96. The largest absolute Gasteiger partial charge is 0.504 e. The average molecular weight is 348 g/mol. The van der Waals surface area contributed by atoms with Gasteiger partial charge in [-0.1, -0.05) is 18.6 Å². The molecule has 1 aromatic rings. The van der Waals surface area contributed by atoms with Crippen LogP contribution in [0.25, 0.3) is 0 Å². The minimum atomic E-state index is 0.166. The number of ether oxygens (including phenoxy) is 1. The number of nitrogens with zero attached hydrogens (tertiary/aromatic N) is 2. The Morgan fingerprint density at radius 1 is 1.36 bits per heavy atom. The summed E-state index contributed by atoms with van der Waals surface area (Å²) in [6.45, 7) is 8.38. The molecule has 0 aliphatic heterocycles. The first-order valence-corrected chi connectivity index (χ1v) is 9.08. The first-order chi connectivity index (χ1) is 12.1. The zero-order chi connectivity index (χ0) is 18.5. The normalized spacial score (nSPS) is 11.2. The Kier molecular flexibility index (Phi) is 10.2. The third-order valence-electron chi connectivity index (χ3n) is 4.00. The number of phenolic OH excluding ortho intramolecular Hbond substituents is 1.